The lowest BCUT2D eigenvalue weighted by Crippen LogP contribution is -2.41. The van der Waals surface area contributed by atoms with E-state index in [-0.39, 0.29) is 43.0 Å². The third-order valence-electron chi connectivity index (χ3n) is 4.62. The van der Waals surface area contributed by atoms with E-state index in [1.54, 1.807) is 0 Å². The summed E-state index contributed by atoms with van der Waals surface area (Å²) in [5, 5.41) is 10.2. The number of carbonyl (C=O) groups excluding carboxylic acids is 2. The van der Waals surface area contributed by atoms with E-state index in [1.807, 2.05) is 30.3 Å². The van der Waals surface area contributed by atoms with Gasteiger partial charge in [0.05, 0.1) is 18.9 Å². The molecule has 2 aliphatic heterocycles. The third kappa shape index (κ3) is 2.04. The van der Waals surface area contributed by atoms with Crippen molar-refractivity contribution in [3.05, 3.63) is 47.2 Å². The van der Waals surface area contributed by atoms with Gasteiger partial charge < -0.3 is 14.6 Å². The van der Waals surface area contributed by atoms with Crippen molar-refractivity contribution >= 4 is 11.8 Å². The number of ketones is 1. The van der Waals surface area contributed by atoms with Crippen LogP contribution in [0.3, 0.4) is 0 Å². The van der Waals surface area contributed by atoms with Gasteiger partial charge in [-0.3, -0.25) is 9.59 Å². The number of benzene rings is 1. The van der Waals surface area contributed by atoms with Gasteiger partial charge in [0, 0.05) is 17.9 Å². The number of carbonyl (C=O) groups is 2. The van der Waals surface area contributed by atoms with Gasteiger partial charge in [-0.2, -0.15) is 0 Å². The monoisotopic (exact) mass is 300 g/mol. The van der Waals surface area contributed by atoms with Crippen LogP contribution in [0.25, 0.3) is 0 Å². The topological polar surface area (TPSA) is 72.8 Å². The van der Waals surface area contributed by atoms with Crippen LogP contribution in [-0.2, 0) is 19.1 Å². The van der Waals surface area contributed by atoms with Gasteiger partial charge in [0.15, 0.2) is 5.78 Å². The molecule has 3 aliphatic rings. The number of aliphatic hydroxyl groups excluding tert-OH is 1. The Morgan fingerprint density at radius 3 is 2.55 bits per heavy atom. The molecule has 1 saturated heterocycles. The predicted octanol–water partition coefficient (Wildman–Crippen LogP) is 1.67. The summed E-state index contributed by atoms with van der Waals surface area (Å²) in [5.41, 5.74) is 1.49. The zero-order valence-electron chi connectivity index (χ0n) is 11.9. The summed E-state index contributed by atoms with van der Waals surface area (Å²) in [6.45, 7) is 0. The molecule has 1 aromatic carbocycles. The normalized spacial score (nSPS) is 33.9. The van der Waals surface area contributed by atoms with E-state index < -0.39 is 12.2 Å². The number of Topliss-reactive ketones (excluding diaryl/α,β-unsaturated/α-hetero) is 1. The minimum Gasteiger partial charge on any atom is -0.489 e. The average molecular weight is 300 g/mol. The number of rotatable bonds is 1. The Morgan fingerprint density at radius 2 is 1.77 bits per heavy atom. The Morgan fingerprint density at radius 1 is 1.00 bits per heavy atom. The van der Waals surface area contributed by atoms with Crippen LogP contribution in [-0.4, -0.2) is 29.1 Å². The quantitative estimate of drug-likeness (QED) is 0.799. The predicted molar refractivity (Wildman–Crippen MR) is 75.5 cm³/mol. The second-order valence-electron chi connectivity index (χ2n) is 6.02. The molecule has 5 nitrogen and oxygen atoms in total. The van der Waals surface area contributed by atoms with Gasteiger partial charge in [-0.05, 0) is 5.56 Å². The van der Waals surface area contributed by atoms with Crippen LogP contribution >= 0.6 is 0 Å². The Labute approximate surface area is 127 Å². The molecule has 0 unspecified atom stereocenters. The molecule has 4 rings (SSSR count). The lowest BCUT2D eigenvalue weighted by atomic mass is 9.77. The number of ether oxygens (including phenoxy) is 2. The van der Waals surface area contributed by atoms with E-state index >= 15 is 0 Å². The first kappa shape index (κ1) is 13.5. The van der Waals surface area contributed by atoms with Crippen molar-refractivity contribution in [2.75, 3.05) is 0 Å². The standard InChI is InChI=1S/C17H16O5/c18-11-7-13(9-4-2-1-3-5-9)21-14-8-12(19)17-10(16(11)14)6-15(20)22-17/h1-5,10,12-13,17,19H,6-8H2/t10-,12-,13-,17-/m0/s1. The zero-order valence-corrected chi connectivity index (χ0v) is 11.9. The molecule has 1 aromatic rings. The van der Waals surface area contributed by atoms with Gasteiger partial charge in [0.25, 0.3) is 0 Å². The van der Waals surface area contributed by atoms with Crippen molar-refractivity contribution in [3.63, 3.8) is 0 Å². The lowest BCUT2D eigenvalue weighted by molar-refractivity contribution is -0.147. The first-order chi connectivity index (χ1) is 10.6. The summed E-state index contributed by atoms with van der Waals surface area (Å²) in [6.07, 6.45) is -1.11. The second kappa shape index (κ2) is 4.95. The van der Waals surface area contributed by atoms with E-state index in [1.165, 1.54) is 0 Å². The summed E-state index contributed by atoms with van der Waals surface area (Å²) >= 11 is 0. The molecule has 1 fully saturated rings. The van der Waals surface area contributed by atoms with Gasteiger partial charge in [0.2, 0.25) is 0 Å². The largest absolute Gasteiger partial charge is 0.489 e. The summed E-state index contributed by atoms with van der Waals surface area (Å²) < 4.78 is 11.1. The number of hydrogen-bond acceptors (Lipinski definition) is 5. The van der Waals surface area contributed by atoms with E-state index in [0.29, 0.717) is 11.3 Å². The number of esters is 1. The van der Waals surface area contributed by atoms with Crippen LogP contribution in [0.15, 0.2) is 41.7 Å². The molecule has 2 heterocycles. The van der Waals surface area contributed by atoms with E-state index in [0.717, 1.165) is 5.56 Å². The lowest BCUT2D eigenvalue weighted by Gasteiger charge is -2.37. The SMILES string of the molecule is O=C1C[C@H]2C3=C(C[C@H](O)[C@H]2O1)O[C@H](c1ccccc1)CC3=O. The highest BCUT2D eigenvalue weighted by molar-refractivity contribution is 5.98. The van der Waals surface area contributed by atoms with Crippen LogP contribution in [0, 0.1) is 5.92 Å². The Bertz CT molecular complexity index is 663. The van der Waals surface area contributed by atoms with Crippen molar-refractivity contribution in [3.8, 4) is 0 Å². The molecule has 1 N–H and O–H groups in total. The molecular weight excluding hydrogens is 284 g/mol. The van der Waals surface area contributed by atoms with Gasteiger partial charge in [0.1, 0.15) is 18.0 Å². The minimum atomic E-state index is -0.808. The highest BCUT2D eigenvalue weighted by Crippen LogP contribution is 2.45. The fourth-order valence-electron chi connectivity index (χ4n) is 3.63. The molecule has 0 amide bonds. The maximum absolute atomic E-state index is 12.6. The molecule has 1 aliphatic carbocycles. The molecule has 0 spiro atoms. The van der Waals surface area contributed by atoms with E-state index in [4.69, 9.17) is 9.47 Å². The molecule has 0 saturated carbocycles. The number of hydrogen-bond donors (Lipinski definition) is 1. The first-order valence-electron chi connectivity index (χ1n) is 7.49. The summed E-state index contributed by atoms with van der Waals surface area (Å²) in [7, 11) is 0. The van der Waals surface area contributed by atoms with Crippen LogP contribution in [0.2, 0.25) is 0 Å². The van der Waals surface area contributed by atoms with E-state index in [2.05, 4.69) is 0 Å². The van der Waals surface area contributed by atoms with Crippen LogP contribution in [0.1, 0.15) is 30.9 Å². The van der Waals surface area contributed by atoms with Crippen molar-refractivity contribution in [2.45, 2.75) is 37.6 Å². The fraction of sp³-hybridized carbons (Fsp3) is 0.412. The van der Waals surface area contributed by atoms with E-state index in [9.17, 15) is 14.7 Å². The maximum atomic E-state index is 12.6. The maximum Gasteiger partial charge on any atom is 0.306 e. The number of fused-ring (bicyclic) bond motifs is 2. The molecule has 0 radical (unpaired) electrons. The fourth-order valence-corrected chi connectivity index (χ4v) is 3.63. The van der Waals surface area contributed by atoms with Crippen molar-refractivity contribution in [2.24, 2.45) is 5.92 Å². The molecule has 0 bridgehead atoms. The Kier molecular flexibility index (Phi) is 3.04. The molecule has 0 aromatic heterocycles. The van der Waals surface area contributed by atoms with Crippen molar-refractivity contribution < 1.29 is 24.2 Å². The van der Waals surface area contributed by atoms with Crippen LogP contribution < -0.4 is 0 Å². The number of aliphatic hydroxyl groups is 1. The van der Waals surface area contributed by atoms with Gasteiger partial charge in [-0.1, -0.05) is 30.3 Å². The Hall–Kier alpha value is -2.14. The first-order valence-corrected chi connectivity index (χ1v) is 7.49. The zero-order chi connectivity index (χ0) is 15.3. The van der Waals surface area contributed by atoms with Gasteiger partial charge in [-0.15, -0.1) is 0 Å². The van der Waals surface area contributed by atoms with Crippen molar-refractivity contribution in [1.29, 1.82) is 0 Å². The Balaban J connectivity index is 1.69. The molecule has 114 valence electrons. The third-order valence-corrected chi connectivity index (χ3v) is 4.62. The molecule has 5 heteroatoms. The molecule has 4 atom stereocenters. The average Bonchev–Trinajstić information content (AvgIpc) is 2.90. The molecular formula is C17H16O5. The van der Waals surface area contributed by atoms with Gasteiger partial charge in [-0.25, -0.2) is 0 Å². The smallest absolute Gasteiger partial charge is 0.306 e. The summed E-state index contributed by atoms with van der Waals surface area (Å²) in [4.78, 5) is 24.1. The highest BCUT2D eigenvalue weighted by Gasteiger charge is 2.50. The summed E-state index contributed by atoms with van der Waals surface area (Å²) in [5.74, 6) is -0.205. The second-order valence-corrected chi connectivity index (χ2v) is 6.02. The van der Waals surface area contributed by atoms with Crippen LogP contribution in [0.5, 0.6) is 0 Å². The van der Waals surface area contributed by atoms with Crippen LogP contribution in [0.4, 0.5) is 0 Å². The molecule has 22 heavy (non-hydrogen) atoms. The minimum absolute atomic E-state index is 0.00435. The van der Waals surface area contributed by atoms with Gasteiger partial charge >= 0.3 is 5.97 Å². The highest BCUT2D eigenvalue weighted by atomic mass is 16.6. The summed E-state index contributed by atoms with van der Waals surface area (Å²) in [6, 6.07) is 9.57. The van der Waals surface area contributed by atoms with Crippen molar-refractivity contribution in [1.82, 2.24) is 0 Å².